The summed E-state index contributed by atoms with van der Waals surface area (Å²) in [4.78, 5) is 11.1. The molecule has 76 valence electrons. The van der Waals surface area contributed by atoms with Crippen molar-refractivity contribution in [3.63, 3.8) is 0 Å². The third-order valence-corrected chi connectivity index (χ3v) is 3.03. The molecule has 14 heavy (non-hydrogen) atoms. The first-order valence-corrected chi connectivity index (χ1v) is 5.45. The van der Waals surface area contributed by atoms with E-state index >= 15 is 0 Å². The van der Waals surface area contributed by atoms with Crippen LogP contribution in [0, 0.1) is 16.0 Å². The Balaban J connectivity index is 2.69. The highest BCUT2D eigenvalue weighted by Crippen LogP contribution is 2.24. The van der Waals surface area contributed by atoms with E-state index in [-0.39, 0.29) is 10.6 Å². The molecule has 0 bridgehead atoms. The van der Waals surface area contributed by atoms with E-state index in [0.717, 1.165) is 10.6 Å². The molecule has 4 heteroatoms. The highest BCUT2D eigenvalue weighted by atomic mass is 32.2. The van der Waals surface area contributed by atoms with Gasteiger partial charge >= 0.3 is 0 Å². The fourth-order valence-electron chi connectivity index (χ4n) is 0.950. The normalized spacial score (nSPS) is 10.5. The van der Waals surface area contributed by atoms with Crippen molar-refractivity contribution in [2.24, 2.45) is 5.92 Å². The Labute approximate surface area is 87.7 Å². The molecule has 0 saturated carbocycles. The molecule has 3 nitrogen and oxygen atoms in total. The molecule has 1 rings (SSSR count). The zero-order chi connectivity index (χ0) is 10.6. The monoisotopic (exact) mass is 211 g/mol. The van der Waals surface area contributed by atoms with Gasteiger partial charge < -0.3 is 0 Å². The first kappa shape index (κ1) is 11.0. The highest BCUT2D eigenvalue weighted by Gasteiger charge is 2.05. The van der Waals surface area contributed by atoms with Gasteiger partial charge in [-0.3, -0.25) is 10.1 Å². The number of hydrogen-bond acceptors (Lipinski definition) is 3. The van der Waals surface area contributed by atoms with Crippen molar-refractivity contribution in [3.05, 3.63) is 34.4 Å². The van der Waals surface area contributed by atoms with Crippen LogP contribution in [0.2, 0.25) is 0 Å². The summed E-state index contributed by atoms with van der Waals surface area (Å²) in [7, 11) is 0. The van der Waals surface area contributed by atoms with Crippen LogP contribution in [0.4, 0.5) is 5.69 Å². The Kier molecular flexibility index (Phi) is 3.95. The van der Waals surface area contributed by atoms with Gasteiger partial charge in [-0.05, 0) is 12.0 Å². The summed E-state index contributed by atoms with van der Waals surface area (Å²) in [6.45, 7) is 4.26. The molecule has 0 radical (unpaired) electrons. The lowest BCUT2D eigenvalue weighted by Gasteiger charge is -2.03. The predicted molar refractivity (Wildman–Crippen MR) is 58.7 cm³/mol. The van der Waals surface area contributed by atoms with Crippen LogP contribution in [0.1, 0.15) is 13.8 Å². The van der Waals surface area contributed by atoms with Crippen molar-refractivity contribution in [2.75, 3.05) is 5.75 Å². The van der Waals surface area contributed by atoms with Crippen molar-refractivity contribution in [1.29, 1.82) is 0 Å². The molecular weight excluding hydrogens is 198 g/mol. The summed E-state index contributed by atoms with van der Waals surface area (Å²) in [6, 6.07) is 6.76. The second kappa shape index (κ2) is 5.00. The van der Waals surface area contributed by atoms with Crippen LogP contribution >= 0.6 is 11.8 Å². The van der Waals surface area contributed by atoms with Gasteiger partial charge in [0.15, 0.2) is 0 Å². The van der Waals surface area contributed by atoms with Crippen LogP contribution in [0.25, 0.3) is 0 Å². The number of nitro groups is 1. The third-order valence-electron chi connectivity index (χ3n) is 1.61. The summed E-state index contributed by atoms with van der Waals surface area (Å²) >= 11 is 1.66. The van der Waals surface area contributed by atoms with E-state index in [1.54, 1.807) is 23.9 Å². The lowest BCUT2D eigenvalue weighted by Crippen LogP contribution is -1.91. The van der Waals surface area contributed by atoms with Crippen LogP contribution in [-0.4, -0.2) is 10.7 Å². The minimum Gasteiger partial charge on any atom is -0.258 e. The van der Waals surface area contributed by atoms with Gasteiger partial charge in [-0.1, -0.05) is 19.9 Å². The molecule has 1 aromatic carbocycles. The van der Waals surface area contributed by atoms with Gasteiger partial charge in [0.05, 0.1) is 4.92 Å². The second-order valence-corrected chi connectivity index (χ2v) is 4.55. The lowest BCUT2D eigenvalue weighted by molar-refractivity contribution is -0.385. The lowest BCUT2D eigenvalue weighted by atomic mass is 10.3. The largest absolute Gasteiger partial charge is 0.270 e. The molecule has 0 spiro atoms. The van der Waals surface area contributed by atoms with Gasteiger partial charge in [-0.25, -0.2) is 0 Å². The molecule has 0 N–H and O–H groups in total. The Morgan fingerprint density at radius 1 is 1.50 bits per heavy atom. The van der Waals surface area contributed by atoms with Gasteiger partial charge in [-0.15, -0.1) is 11.8 Å². The van der Waals surface area contributed by atoms with Gasteiger partial charge in [-0.2, -0.15) is 0 Å². The number of non-ortho nitro benzene ring substituents is 1. The third kappa shape index (κ3) is 3.38. The van der Waals surface area contributed by atoms with E-state index in [0.29, 0.717) is 5.92 Å². The Bertz CT molecular complexity index is 326. The van der Waals surface area contributed by atoms with Gasteiger partial charge in [0.1, 0.15) is 0 Å². The maximum atomic E-state index is 10.5. The SMILES string of the molecule is CC(C)CSc1cccc([N+](=O)[O-])c1. The number of hydrogen-bond donors (Lipinski definition) is 0. The molecule has 0 heterocycles. The van der Waals surface area contributed by atoms with Gasteiger partial charge in [0.25, 0.3) is 5.69 Å². The van der Waals surface area contributed by atoms with E-state index in [1.807, 2.05) is 6.07 Å². The summed E-state index contributed by atoms with van der Waals surface area (Å²) < 4.78 is 0. The van der Waals surface area contributed by atoms with Gasteiger partial charge in [0, 0.05) is 22.8 Å². The van der Waals surface area contributed by atoms with E-state index in [4.69, 9.17) is 0 Å². The first-order chi connectivity index (χ1) is 6.59. The molecule has 0 saturated heterocycles. The quantitative estimate of drug-likeness (QED) is 0.436. The molecule has 0 fully saturated rings. The summed E-state index contributed by atoms with van der Waals surface area (Å²) in [5, 5.41) is 10.5. The highest BCUT2D eigenvalue weighted by molar-refractivity contribution is 7.99. The Morgan fingerprint density at radius 2 is 2.21 bits per heavy atom. The number of nitro benzene ring substituents is 1. The minimum atomic E-state index is -0.362. The fourth-order valence-corrected chi connectivity index (χ4v) is 1.85. The van der Waals surface area contributed by atoms with Crippen molar-refractivity contribution in [1.82, 2.24) is 0 Å². The van der Waals surface area contributed by atoms with Crippen LogP contribution in [0.5, 0.6) is 0 Å². The summed E-state index contributed by atoms with van der Waals surface area (Å²) in [5.74, 6) is 1.58. The molecule has 0 aliphatic rings. The van der Waals surface area contributed by atoms with Crippen molar-refractivity contribution < 1.29 is 4.92 Å². The topological polar surface area (TPSA) is 43.1 Å². The smallest absolute Gasteiger partial charge is 0.258 e. The van der Waals surface area contributed by atoms with Crippen LogP contribution in [0.3, 0.4) is 0 Å². The molecule has 0 unspecified atom stereocenters. The first-order valence-electron chi connectivity index (χ1n) is 4.47. The fraction of sp³-hybridized carbons (Fsp3) is 0.400. The van der Waals surface area contributed by atoms with Crippen molar-refractivity contribution >= 4 is 17.4 Å². The zero-order valence-electron chi connectivity index (χ0n) is 8.27. The number of thioether (sulfide) groups is 1. The molecule has 1 aromatic rings. The number of rotatable bonds is 4. The average molecular weight is 211 g/mol. The maximum absolute atomic E-state index is 10.5. The average Bonchev–Trinajstić information content (AvgIpc) is 2.15. The molecule has 0 atom stereocenters. The number of nitrogens with zero attached hydrogens (tertiary/aromatic N) is 1. The Hall–Kier alpha value is -1.03. The molecule has 0 aliphatic heterocycles. The second-order valence-electron chi connectivity index (χ2n) is 3.46. The predicted octanol–water partition coefficient (Wildman–Crippen LogP) is 3.34. The summed E-state index contributed by atoms with van der Waals surface area (Å²) in [6.07, 6.45) is 0. The standard InChI is InChI=1S/C10H13NO2S/c1-8(2)7-14-10-5-3-4-9(6-10)11(12)13/h3-6,8H,7H2,1-2H3. The maximum Gasteiger partial charge on any atom is 0.270 e. The molecule has 0 aliphatic carbocycles. The van der Waals surface area contributed by atoms with E-state index < -0.39 is 0 Å². The van der Waals surface area contributed by atoms with E-state index in [2.05, 4.69) is 13.8 Å². The Morgan fingerprint density at radius 3 is 2.79 bits per heavy atom. The molecular formula is C10H13NO2S. The van der Waals surface area contributed by atoms with E-state index in [1.165, 1.54) is 6.07 Å². The van der Waals surface area contributed by atoms with Crippen LogP contribution < -0.4 is 0 Å². The molecule has 0 amide bonds. The van der Waals surface area contributed by atoms with Crippen LogP contribution in [-0.2, 0) is 0 Å². The summed E-state index contributed by atoms with van der Waals surface area (Å²) in [5.41, 5.74) is 0.166. The van der Waals surface area contributed by atoms with Crippen LogP contribution in [0.15, 0.2) is 29.2 Å². The van der Waals surface area contributed by atoms with Crippen molar-refractivity contribution in [2.45, 2.75) is 18.7 Å². The van der Waals surface area contributed by atoms with Gasteiger partial charge in [0.2, 0.25) is 0 Å². The van der Waals surface area contributed by atoms with E-state index in [9.17, 15) is 10.1 Å². The number of benzene rings is 1. The zero-order valence-corrected chi connectivity index (χ0v) is 9.08. The minimum absolute atomic E-state index is 0.166. The molecule has 0 aromatic heterocycles. The van der Waals surface area contributed by atoms with Crippen molar-refractivity contribution in [3.8, 4) is 0 Å².